The molecule has 1 unspecified atom stereocenters. The van der Waals surface area contributed by atoms with E-state index in [-0.39, 0.29) is 35.3 Å². The molecule has 0 bridgehead atoms. The second-order valence-corrected chi connectivity index (χ2v) is 10.6. The van der Waals surface area contributed by atoms with Gasteiger partial charge in [0.05, 0.1) is 42.2 Å². The van der Waals surface area contributed by atoms with Crippen molar-refractivity contribution in [2.45, 2.75) is 45.7 Å². The number of thiocarbonyl (C=S) groups is 1. The van der Waals surface area contributed by atoms with E-state index in [1.54, 1.807) is 24.7 Å². The molecule has 0 aliphatic carbocycles. The van der Waals surface area contributed by atoms with Crippen molar-refractivity contribution in [3.63, 3.8) is 0 Å². The van der Waals surface area contributed by atoms with Crippen molar-refractivity contribution in [2.24, 2.45) is 17.6 Å². The van der Waals surface area contributed by atoms with Crippen LogP contribution in [-0.2, 0) is 35.2 Å². The summed E-state index contributed by atoms with van der Waals surface area (Å²) < 4.78 is 48.4. The average molecular weight is 601 g/mol. The van der Waals surface area contributed by atoms with Crippen molar-refractivity contribution in [1.29, 1.82) is 5.26 Å². The molecule has 0 aliphatic rings. The van der Waals surface area contributed by atoms with Gasteiger partial charge in [-0.2, -0.15) is 18.4 Å². The van der Waals surface area contributed by atoms with Crippen molar-refractivity contribution < 1.29 is 22.7 Å². The number of halogens is 3. The number of hydrogen-bond donors (Lipinski definition) is 2. The molecule has 3 rings (SSSR count). The quantitative estimate of drug-likeness (QED) is 0.168. The molecule has 0 aliphatic heterocycles. The Morgan fingerprint density at radius 1 is 1.21 bits per heavy atom. The Labute approximate surface area is 249 Å². The minimum Gasteiger partial charge on any atom is -0.383 e. The smallest absolute Gasteiger partial charge is 0.383 e. The molecule has 12 heteroatoms. The van der Waals surface area contributed by atoms with Gasteiger partial charge in [-0.1, -0.05) is 44.2 Å². The molecular weight excluding hydrogens is 565 g/mol. The summed E-state index contributed by atoms with van der Waals surface area (Å²) in [6.45, 7) is 4.52. The number of nitrogens with one attached hydrogen (secondary N) is 1. The summed E-state index contributed by atoms with van der Waals surface area (Å²) in [5.74, 6) is -1.19. The Kier molecular flexibility index (Phi) is 11.6. The number of methoxy groups -OCH3 is 1. The largest absolute Gasteiger partial charge is 0.416 e. The number of carbonyl (C=O) groups excluding carboxylic acids is 1. The van der Waals surface area contributed by atoms with E-state index < -0.39 is 23.8 Å². The van der Waals surface area contributed by atoms with Gasteiger partial charge in [0.15, 0.2) is 5.11 Å². The highest BCUT2D eigenvalue weighted by molar-refractivity contribution is 7.80. The van der Waals surface area contributed by atoms with Gasteiger partial charge in [0.25, 0.3) is 0 Å². The van der Waals surface area contributed by atoms with E-state index in [2.05, 4.69) is 16.4 Å². The summed E-state index contributed by atoms with van der Waals surface area (Å²) in [5, 5.41) is 12.2. The first-order valence-corrected chi connectivity index (χ1v) is 13.8. The number of ether oxygens (including phenoxy) is 1. The van der Waals surface area contributed by atoms with Gasteiger partial charge in [-0.25, -0.2) is 4.98 Å². The predicted molar refractivity (Wildman–Crippen MR) is 157 cm³/mol. The second kappa shape index (κ2) is 14.9. The van der Waals surface area contributed by atoms with Crippen LogP contribution in [0.3, 0.4) is 0 Å². The molecule has 42 heavy (non-hydrogen) atoms. The lowest BCUT2D eigenvalue weighted by Gasteiger charge is -2.38. The number of nitrogens with two attached hydrogens (primary N) is 1. The third kappa shape index (κ3) is 8.61. The van der Waals surface area contributed by atoms with Crippen LogP contribution >= 0.6 is 12.2 Å². The number of nitrogens with zero attached hydrogens (tertiary/aromatic N) is 4. The number of Topliss-reactive ketones (excluding diaryl/α,β-unsaturated/α-hetero) is 1. The fraction of sp³-hybridized carbons (Fsp3) is 0.400. The molecule has 224 valence electrons. The fourth-order valence-electron chi connectivity index (χ4n) is 4.76. The summed E-state index contributed by atoms with van der Waals surface area (Å²) in [5.41, 5.74) is 8.05. The Bertz CT molecular complexity index is 1380. The fourth-order valence-corrected chi connectivity index (χ4v) is 5.05. The first kappa shape index (κ1) is 32.7. The van der Waals surface area contributed by atoms with E-state index in [0.29, 0.717) is 31.0 Å². The number of alkyl halides is 3. The Morgan fingerprint density at radius 3 is 2.52 bits per heavy atom. The Hall–Kier alpha value is -3.79. The molecule has 3 N–H and O–H groups in total. The first-order valence-electron chi connectivity index (χ1n) is 13.4. The van der Waals surface area contributed by atoms with Crippen LogP contribution in [0.2, 0.25) is 0 Å². The SMILES string of the molecule is COCCNC(=S)N(Cc1ccccc1C(F)(F)F)C(N)[C@@H](C(=O)Cc1cncn1Cc1ccc(C#N)cc1)C(C)C. The lowest BCUT2D eigenvalue weighted by atomic mass is 9.86. The average Bonchev–Trinajstić information content (AvgIpc) is 3.37. The van der Waals surface area contributed by atoms with Crippen LogP contribution in [0.25, 0.3) is 0 Å². The van der Waals surface area contributed by atoms with Crippen LogP contribution < -0.4 is 11.1 Å². The second-order valence-electron chi connectivity index (χ2n) is 10.2. The Morgan fingerprint density at radius 2 is 1.90 bits per heavy atom. The summed E-state index contributed by atoms with van der Waals surface area (Å²) >= 11 is 5.57. The van der Waals surface area contributed by atoms with Gasteiger partial charge < -0.3 is 25.3 Å². The molecular formula is C30H35F3N6O2S. The summed E-state index contributed by atoms with van der Waals surface area (Å²) in [7, 11) is 1.52. The molecule has 3 aromatic rings. The first-order chi connectivity index (χ1) is 20.0. The van der Waals surface area contributed by atoms with E-state index in [0.717, 1.165) is 11.6 Å². The Balaban J connectivity index is 1.87. The van der Waals surface area contributed by atoms with E-state index in [9.17, 15) is 18.0 Å². The van der Waals surface area contributed by atoms with Crippen LogP contribution in [0.4, 0.5) is 13.2 Å². The lowest BCUT2D eigenvalue weighted by molar-refractivity contribution is -0.138. The van der Waals surface area contributed by atoms with Crippen LogP contribution in [-0.4, -0.2) is 51.8 Å². The maximum absolute atomic E-state index is 13.8. The van der Waals surface area contributed by atoms with Gasteiger partial charge >= 0.3 is 6.18 Å². The van der Waals surface area contributed by atoms with E-state index >= 15 is 0 Å². The zero-order chi connectivity index (χ0) is 30.9. The zero-order valence-electron chi connectivity index (χ0n) is 23.8. The van der Waals surface area contributed by atoms with Gasteiger partial charge in [-0.15, -0.1) is 0 Å². The lowest BCUT2D eigenvalue weighted by Crippen LogP contribution is -2.56. The number of aromatic nitrogens is 2. The third-order valence-electron chi connectivity index (χ3n) is 6.91. The molecule has 0 saturated carbocycles. The maximum atomic E-state index is 13.8. The van der Waals surface area contributed by atoms with Crippen molar-refractivity contribution in [2.75, 3.05) is 20.3 Å². The van der Waals surface area contributed by atoms with Crippen LogP contribution in [0.1, 0.15) is 41.8 Å². The summed E-state index contributed by atoms with van der Waals surface area (Å²) in [6, 6.07) is 14.5. The number of rotatable bonds is 13. The molecule has 0 radical (unpaired) electrons. The molecule has 8 nitrogen and oxygen atoms in total. The van der Waals surface area contributed by atoms with Crippen molar-refractivity contribution in [3.8, 4) is 6.07 Å². The van der Waals surface area contributed by atoms with Crippen molar-refractivity contribution in [3.05, 3.63) is 89.0 Å². The van der Waals surface area contributed by atoms with Crippen LogP contribution in [0, 0.1) is 23.2 Å². The van der Waals surface area contributed by atoms with Crippen LogP contribution in [0.5, 0.6) is 0 Å². The number of nitriles is 1. The van der Waals surface area contributed by atoms with Gasteiger partial charge in [0.2, 0.25) is 0 Å². The van der Waals surface area contributed by atoms with Gasteiger partial charge in [-0.05, 0) is 47.5 Å². The minimum atomic E-state index is -4.57. The zero-order valence-corrected chi connectivity index (χ0v) is 24.6. The standard InChI is InChI=1S/C30H35F3N6O2S/c1-20(2)27(26(40)14-24-16-36-19-38(24)17-22-10-8-21(15-34)9-11-22)28(35)39(29(42)37-12-13-41-3)18-23-6-4-5-7-25(23)30(31,32)33/h4-11,16,19-20,27-28H,12-14,17-18,35H2,1-3H3,(H,37,42)/t27-,28?/m1/s1. The topological polar surface area (TPSA) is 109 Å². The maximum Gasteiger partial charge on any atom is 0.416 e. The third-order valence-corrected chi connectivity index (χ3v) is 7.29. The van der Waals surface area contributed by atoms with E-state index in [1.165, 1.54) is 30.2 Å². The summed E-state index contributed by atoms with van der Waals surface area (Å²) in [6.07, 6.45) is -2.34. The molecule has 1 heterocycles. The predicted octanol–water partition coefficient (Wildman–Crippen LogP) is 4.51. The molecule has 2 atom stereocenters. The molecule has 2 aromatic carbocycles. The van der Waals surface area contributed by atoms with Crippen molar-refractivity contribution in [1.82, 2.24) is 19.8 Å². The van der Waals surface area contributed by atoms with Gasteiger partial charge in [-0.3, -0.25) is 4.79 Å². The molecule has 1 aromatic heterocycles. The van der Waals surface area contributed by atoms with Crippen LogP contribution in [0.15, 0.2) is 61.1 Å². The number of benzene rings is 2. The molecule has 0 spiro atoms. The highest BCUT2D eigenvalue weighted by Crippen LogP contribution is 2.33. The number of carbonyl (C=O) groups is 1. The summed E-state index contributed by atoms with van der Waals surface area (Å²) in [4.78, 5) is 19.5. The monoisotopic (exact) mass is 600 g/mol. The van der Waals surface area contributed by atoms with Gasteiger partial charge in [0.1, 0.15) is 5.78 Å². The number of ketones is 1. The van der Waals surface area contributed by atoms with E-state index in [1.807, 2.05) is 30.5 Å². The molecule has 0 fully saturated rings. The molecule has 0 amide bonds. The highest BCUT2D eigenvalue weighted by Gasteiger charge is 2.37. The highest BCUT2D eigenvalue weighted by atomic mass is 32.1. The number of imidazole rings is 1. The van der Waals surface area contributed by atoms with E-state index in [4.69, 9.17) is 28.0 Å². The minimum absolute atomic E-state index is 0.00760. The normalized spacial score (nSPS) is 12.9. The van der Waals surface area contributed by atoms with Crippen molar-refractivity contribution >= 4 is 23.1 Å². The molecule has 0 saturated heterocycles. The van der Waals surface area contributed by atoms with Gasteiger partial charge in [0, 0.05) is 45.1 Å². The number of hydrogen-bond acceptors (Lipinski definition) is 6.